The molecule has 0 bridgehead atoms. The third-order valence-corrected chi connectivity index (χ3v) is 4.13. The number of methoxy groups -OCH3 is 1. The van der Waals surface area contributed by atoms with Crippen LogP contribution in [0.5, 0.6) is 11.5 Å². The zero-order chi connectivity index (χ0) is 18.5. The highest BCUT2D eigenvalue weighted by molar-refractivity contribution is 6.32. The molecule has 0 unspecified atom stereocenters. The molecule has 0 saturated heterocycles. The molecule has 1 heterocycles. The molecular formula is C17H19ClN6O2. The van der Waals surface area contributed by atoms with Crippen LogP contribution in [-0.4, -0.2) is 27.4 Å². The number of rotatable bonds is 7. The van der Waals surface area contributed by atoms with E-state index in [0.717, 1.165) is 16.7 Å². The molecule has 1 aromatic heterocycles. The van der Waals surface area contributed by atoms with Gasteiger partial charge >= 0.3 is 0 Å². The number of hydrogen-bond donors (Lipinski definition) is 2. The van der Waals surface area contributed by atoms with Crippen molar-refractivity contribution in [3.05, 3.63) is 58.1 Å². The van der Waals surface area contributed by atoms with Gasteiger partial charge in [-0.25, -0.2) is 0 Å². The quantitative estimate of drug-likeness (QED) is 0.655. The minimum Gasteiger partial charge on any atom is -0.493 e. The van der Waals surface area contributed by atoms with Crippen molar-refractivity contribution < 1.29 is 9.47 Å². The second-order valence-electron chi connectivity index (χ2n) is 5.61. The van der Waals surface area contributed by atoms with Crippen LogP contribution in [0.3, 0.4) is 0 Å². The lowest BCUT2D eigenvalue weighted by Crippen LogP contribution is -2.18. The molecule has 2 aromatic carbocycles. The Hall–Kier alpha value is -3.00. The Morgan fingerprint density at radius 1 is 1.27 bits per heavy atom. The fourth-order valence-electron chi connectivity index (χ4n) is 2.41. The average molecular weight is 375 g/mol. The summed E-state index contributed by atoms with van der Waals surface area (Å²) in [6.45, 7) is 2.85. The first-order valence-corrected chi connectivity index (χ1v) is 8.27. The molecule has 3 aromatic rings. The molecule has 0 spiro atoms. The van der Waals surface area contributed by atoms with Crippen LogP contribution in [0.25, 0.3) is 0 Å². The van der Waals surface area contributed by atoms with Gasteiger partial charge in [0.25, 0.3) is 5.95 Å². The summed E-state index contributed by atoms with van der Waals surface area (Å²) in [5.74, 6) is 1.22. The molecule has 3 N–H and O–H groups in total. The maximum Gasteiger partial charge on any atom is 0.260 e. The first kappa shape index (κ1) is 17.8. The maximum atomic E-state index is 6.41. The third kappa shape index (κ3) is 3.97. The summed E-state index contributed by atoms with van der Waals surface area (Å²) in [6.07, 6.45) is 0. The first-order valence-electron chi connectivity index (χ1n) is 7.90. The van der Waals surface area contributed by atoms with Crippen LogP contribution >= 0.6 is 11.6 Å². The second kappa shape index (κ2) is 7.92. The molecule has 136 valence electrons. The molecule has 0 aliphatic heterocycles. The zero-order valence-electron chi connectivity index (χ0n) is 14.4. The minimum absolute atomic E-state index is 0.168. The summed E-state index contributed by atoms with van der Waals surface area (Å²) in [7, 11) is 1.57. The Bertz CT molecular complexity index is 899. The van der Waals surface area contributed by atoms with Crippen LogP contribution in [0.1, 0.15) is 16.7 Å². The lowest BCUT2D eigenvalue weighted by Gasteiger charge is -2.15. The lowest BCUT2D eigenvalue weighted by atomic mass is 10.1. The Balaban J connectivity index is 1.74. The molecule has 0 amide bonds. The minimum atomic E-state index is 0.168. The molecule has 0 aliphatic rings. The van der Waals surface area contributed by atoms with E-state index in [1.807, 2.05) is 37.3 Å². The van der Waals surface area contributed by atoms with E-state index in [2.05, 4.69) is 21.0 Å². The summed E-state index contributed by atoms with van der Waals surface area (Å²) in [6, 6.07) is 11.7. The summed E-state index contributed by atoms with van der Waals surface area (Å²) in [4.78, 5) is 1.28. The number of aromatic nitrogens is 4. The van der Waals surface area contributed by atoms with Crippen molar-refractivity contribution >= 4 is 17.5 Å². The van der Waals surface area contributed by atoms with E-state index in [9.17, 15) is 0 Å². The molecule has 3 rings (SSSR count). The van der Waals surface area contributed by atoms with Gasteiger partial charge in [0.05, 0.1) is 18.7 Å². The highest BCUT2D eigenvalue weighted by Gasteiger charge is 2.13. The number of hydrogen-bond acceptors (Lipinski definition) is 7. The third-order valence-electron chi connectivity index (χ3n) is 3.85. The number of ether oxygens (including phenoxy) is 2. The number of tetrazole rings is 1. The Labute approximate surface area is 155 Å². The van der Waals surface area contributed by atoms with Crippen LogP contribution in [0.4, 0.5) is 5.95 Å². The number of nitrogens with two attached hydrogens (primary N) is 1. The van der Waals surface area contributed by atoms with E-state index in [4.69, 9.17) is 26.8 Å². The van der Waals surface area contributed by atoms with Crippen LogP contribution in [0.15, 0.2) is 36.4 Å². The average Bonchev–Trinajstić information content (AvgIpc) is 3.04. The van der Waals surface area contributed by atoms with Crippen molar-refractivity contribution in [3.8, 4) is 11.5 Å². The molecule has 0 radical (unpaired) electrons. The van der Waals surface area contributed by atoms with Gasteiger partial charge in [-0.05, 0) is 46.2 Å². The molecule has 0 fully saturated rings. The number of nitrogens with zero attached hydrogens (tertiary/aromatic N) is 4. The highest BCUT2D eigenvalue weighted by Crippen LogP contribution is 2.37. The molecule has 8 nitrogen and oxygen atoms in total. The predicted octanol–water partition coefficient (Wildman–Crippen LogP) is 2.55. The smallest absolute Gasteiger partial charge is 0.260 e. The van der Waals surface area contributed by atoms with E-state index < -0.39 is 0 Å². The van der Waals surface area contributed by atoms with Gasteiger partial charge in [0.1, 0.15) is 6.61 Å². The second-order valence-corrected chi connectivity index (χ2v) is 6.02. The van der Waals surface area contributed by atoms with Gasteiger partial charge in [-0.15, -0.1) is 4.79 Å². The Kier molecular flexibility index (Phi) is 5.43. The van der Waals surface area contributed by atoms with Crippen molar-refractivity contribution in [3.63, 3.8) is 0 Å². The van der Waals surface area contributed by atoms with Crippen molar-refractivity contribution in [2.45, 2.75) is 20.1 Å². The Morgan fingerprint density at radius 2 is 2.08 bits per heavy atom. The monoisotopic (exact) mass is 374 g/mol. The van der Waals surface area contributed by atoms with Gasteiger partial charge in [-0.3, -0.25) is 0 Å². The van der Waals surface area contributed by atoms with E-state index >= 15 is 0 Å². The van der Waals surface area contributed by atoms with E-state index in [1.54, 1.807) is 13.2 Å². The van der Waals surface area contributed by atoms with Crippen LogP contribution in [0, 0.1) is 6.92 Å². The number of nitrogens with one attached hydrogen (secondary N) is 1. The van der Waals surface area contributed by atoms with Crippen LogP contribution < -0.4 is 20.6 Å². The summed E-state index contributed by atoms with van der Waals surface area (Å²) in [5, 5.41) is 11.2. The fraction of sp³-hybridized carbons (Fsp3) is 0.235. The first-order chi connectivity index (χ1) is 12.6. The van der Waals surface area contributed by atoms with Gasteiger partial charge in [0.15, 0.2) is 11.5 Å². The van der Waals surface area contributed by atoms with Crippen LogP contribution in [-0.2, 0) is 13.2 Å². The van der Waals surface area contributed by atoms with Crippen molar-refractivity contribution in [1.82, 2.24) is 20.3 Å². The normalized spacial score (nSPS) is 10.6. The summed E-state index contributed by atoms with van der Waals surface area (Å²) < 4.78 is 11.4. The number of halogens is 1. The van der Waals surface area contributed by atoms with Crippen molar-refractivity contribution in [1.29, 1.82) is 0 Å². The highest BCUT2D eigenvalue weighted by atomic mass is 35.5. The van der Waals surface area contributed by atoms with E-state index in [1.165, 1.54) is 4.79 Å². The standard InChI is InChI=1S/C17H19ClN6O2/c1-11-5-3-4-6-13(11)10-26-16-14(18)7-12(8-15(16)25-2)9-20-24-17(19)21-22-23-24/h3-8,20H,9-10H2,1-2H3,(H2,19,21,23). The molecule has 0 saturated carbocycles. The lowest BCUT2D eigenvalue weighted by molar-refractivity contribution is 0.284. The van der Waals surface area contributed by atoms with Gasteiger partial charge in [0.2, 0.25) is 0 Å². The molecule has 26 heavy (non-hydrogen) atoms. The van der Waals surface area contributed by atoms with Gasteiger partial charge in [-0.1, -0.05) is 41.0 Å². The summed E-state index contributed by atoms with van der Waals surface area (Å²) >= 11 is 6.41. The SMILES string of the molecule is COc1cc(CNn2nnnc2N)cc(Cl)c1OCc1ccccc1C. The number of nitrogen functional groups attached to an aromatic ring is 1. The fourth-order valence-corrected chi connectivity index (χ4v) is 2.70. The Morgan fingerprint density at radius 3 is 2.77 bits per heavy atom. The number of anilines is 1. The van der Waals surface area contributed by atoms with Gasteiger partial charge in [-0.2, -0.15) is 0 Å². The van der Waals surface area contributed by atoms with Crippen molar-refractivity contribution in [2.75, 3.05) is 18.3 Å². The molecule has 0 aliphatic carbocycles. The molecular weight excluding hydrogens is 356 g/mol. The van der Waals surface area contributed by atoms with Gasteiger partial charge < -0.3 is 20.6 Å². The van der Waals surface area contributed by atoms with Crippen LogP contribution in [0.2, 0.25) is 5.02 Å². The number of aryl methyl sites for hydroxylation is 1. The maximum absolute atomic E-state index is 6.41. The van der Waals surface area contributed by atoms with Crippen molar-refractivity contribution in [2.24, 2.45) is 0 Å². The summed E-state index contributed by atoms with van der Waals surface area (Å²) in [5.41, 5.74) is 11.7. The van der Waals surface area contributed by atoms with Gasteiger partial charge in [0, 0.05) is 0 Å². The molecule has 9 heteroatoms. The van der Waals surface area contributed by atoms with E-state index in [0.29, 0.717) is 29.7 Å². The topological polar surface area (TPSA) is 100 Å². The van der Waals surface area contributed by atoms with E-state index in [-0.39, 0.29) is 5.95 Å². The largest absolute Gasteiger partial charge is 0.493 e. The zero-order valence-corrected chi connectivity index (χ0v) is 15.2. The molecule has 0 atom stereocenters. The predicted molar refractivity (Wildman–Crippen MR) is 98.8 cm³/mol. The number of benzene rings is 2.